The number of sulfone groups is 1. The van der Waals surface area contributed by atoms with Gasteiger partial charge in [-0.25, -0.2) is 13.1 Å². The van der Waals surface area contributed by atoms with E-state index < -0.39 is 9.84 Å². The van der Waals surface area contributed by atoms with Gasteiger partial charge in [0.05, 0.1) is 17.0 Å². The van der Waals surface area contributed by atoms with E-state index in [1.807, 2.05) is 7.05 Å². The van der Waals surface area contributed by atoms with E-state index in [-0.39, 0.29) is 12.1 Å². The van der Waals surface area contributed by atoms with Crippen LogP contribution in [0.2, 0.25) is 0 Å². The Morgan fingerprint density at radius 1 is 1.29 bits per heavy atom. The van der Waals surface area contributed by atoms with Crippen molar-refractivity contribution in [2.75, 3.05) is 6.26 Å². The maximum absolute atomic E-state index is 11.5. The molecule has 0 saturated heterocycles. The first-order chi connectivity index (χ1) is 11.3. The summed E-state index contributed by atoms with van der Waals surface area (Å²) in [5, 5.41) is 15.1. The maximum atomic E-state index is 11.5. The number of hydrogen-bond acceptors (Lipinski definition) is 6. The Balaban J connectivity index is 1.88. The second kappa shape index (κ2) is 6.78. The van der Waals surface area contributed by atoms with Crippen LogP contribution in [-0.2, 0) is 16.9 Å². The van der Waals surface area contributed by atoms with E-state index >= 15 is 0 Å². The van der Waals surface area contributed by atoms with Gasteiger partial charge in [0.1, 0.15) is 5.01 Å². The molecule has 8 heteroatoms. The normalized spacial score (nSPS) is 22.7. The SMILES string of the molecule is Cn1nc(-c2ccc(S(C)(=O)=O)cc2)sc1=NC1CCC[C@@H](O)C1. The minimum absolute atomic E-state index is 0.140. The number of rotatable bonds is 3. The second-order valence-electron chi connectivity index (χ2n) is 6.21. The van der Waals surface area contributed by atoms with Gasteiger partial charge in [0.25, 0.3) is 0 Å². The summed E-state index contributed by atoms with van der Waals surface area (Å²) >= 11 is 1.47. The lowest BCUT2D eigenvalue weighted by atomic mass is 9.94. The Morgan fingerprint density at radius 2 is 2.00 bits per heavy atom. The first kappa shape index (κ1) is 17.3. The highest BCUT2D eigenvalue weighted by Gasteiger charge is 2.19. The van der Waals surface area contributed by atoms with E-state index in [1.165, 1.54) is 17.6 Å². The third-order valence-electron chi connectivity index (χ3n) is 4.15. The first-order valence-electron chi connectivity index (χ1n) is 7.89. The van der Waals surface area contributed by atoms with Crippen LogP contribution >= 0.6 is 11.3 Å². The molecule has 1 fully saturated rings. The lowest BCUT2D eigenvalue weighted by Gasteiger charge is -2.22. The number of aryl methyl sites for hydroxylation is 1. The van der Waals surface area contributed by atoms with Crippen molar-refractivity contribution in [1.29, 1.82) is 0 Å². The lowest BCUT2D eigenvalue weighted by molar-refractivity contribution is 0.120. The summed E-state index contributed by atoms with van der Waals surface area (Å²) in [6.45, 7) is 0. The van der Waals surface area contributed by atoms with Crippen molar-refractivity contribution < 1.29 is 13.5 Å². The van der Waals surface area contributed by atoms with E-state index in [0.29, 0.717) is 11.3 Å². The van der Waals surface area contributed by atoms with Crippen LogP contribution in [0.3, 0.4) is 0 Å². The van der Waals surface area contributed by atoms with Crippen molar-refractivity contribution in [3.8, 4) is 10.6 Å². The molecule has 1 saturated carbocycles. The molecule has 1 aromatic carbocycles. The molecule has 1 unspecified atom stereocenters. The number of aliphatic hydroxyl groups is 1. The highest BCUT2D eigenvalue weighted by Crippen LogP contribution is 2.23. The predicted molar refractivity (Wildman–Crippen MR) is 93.5 cm³/mol. The minimum atomic E-state index is -3.19. The molecule has 0 radical (unpaired) electrons. The van der Waals surface area contributed by atoms with Crippen molar-refractivity contribution in [3.05, 3.63) is 29.1 Å². The molecule has 1 heterocycles. The third-order valence-corrected chi connectivity index (χ3v) is 6.34. The van der Waals surface area contributed by atoms with Gasteiger partial charge in [-0.15, -0.1) is 0 Å². The minimum Gasteiger partial charge on any atom is -0.393 e. The van der Waals surface area contributed by atoms with Crippen LogP contribution in [0.5, 0.6) is 0 Å². The molecule has 2 atom stereocenters. The zero-order valence-electron chi connectivity index (χ0n) is 13.7. The average Bonchev–Trinajstić information content (AvgIpc) is 2.88. The summed E-state index contributed by atoms with van der Waals surface area (Å²) in [5.74, 6) is 0. The number of hydrogen-bond donors (Lipinski definition) is 1. The number of benzene rings is 1. The molecule has 0 aliphatic heterocycles. The van der Waals surface area contributed by atoms with Gasteiger partial charge in [0.15, 0.2) is 9.84 Å². The van der Waals surface area contributed by atoms with Gasteiger partial charge >= 0.3 is 0 Å². The molecule has 24 heavy (non-hydrogen) atoms. The van der Waals surface area contributed by atoms with Crippen molar-refractivity contribution in [2.24, 2.45) is 12.0 Å². The van der Waals surface area contributed by atoms with E-state index in [4.69, 9.17) is 4.99 Å². The van der Waals surface area contributed by atoms with Crippen LogP contribution in [0.1, 0.15) is 25.7 Å². The fraction of sp³-hybridized carbons (Fsp3) is 0.500. The highest BCUT2D eigenvalue weighted by molar-refractivity contribution is 7.90. The summed E-state index contributed by atoms with van der Waals surface area (Å²) in [7, 11) is -1.34. The molecule has 3 rings (SSSR count). The van der Waals surface area contributed by atoms with Gasteiger partial charge < -0.3 is 5.11 Å². The van der Waals surface area contributed by atoms with Crippen molar-refractivity contribution in [1.82, 2.24) is 9.78 Å². The Morgan fingerprint density at radius 3 is 2.62 bits per heavy atom. The van der Waals surface area contributed by atoms with E-state index in [9.17, 15) is 13.5 Å². The molecule has 2 aromatic rings. The van der Waals surface area contributed by atoms with Crippen molar-refractivity contribution in [3.63, 3.8) is 0 Å². The first-order valence-corrected chi connectivity index (χ1v) is 10.6. The Hall–Kier alpha value is -1.51. The molecular weight excluding hydrogens is 346 g/mol. The van der Waals surface area contributed by atoms with Gasteiger partial charge in [0.2, 0.25) is 4.80 Å². The van der Waals surface area contributed by atoms with Crippen LogP contribution in [0.4, 0.5) is 0 Å². The second-order valence-corrected chi connectivity index (χ2v) is 9.18. The van der Waals surface area contributed by atoms with Gasteiger partial charge in [-0.05, 0) is 37.8 Å². The topological polar surface area (TPSA) is 84.5 Å². The monoisotopic (exact) mass is 367 g/mol. The maximum Gasteiger partial charge on any atom is 0.203 e. The standard InChI is InChI=1S/C16H21N3O3S2/c1-19-16(17-12-4-3-5-13(20)10-12)23-15(18-19)11-6-8-14(9-7-11)24(2,21)22/h6-9,12-13,20H,3-5,10H2,1-2H3/t12?,13-/m1/s1. The van der Waals surface area contributed by atoms with Crippen molar-refractivity contribution in [2.45, 2.75) is 42.7 Å². The van der Waals surface area contributed by atoms with Gasteiger partial charge in [0, 0.05) is 18.9 Å². The molecule has 1 aliphatic rings. The molecule has 1 aromatic heterocycles. The number of aliphatic hydroxyl groups excluding tert-OH is 1. The van der Waals surface area contributed by atoms with Gasteiger partial charge in [-0.3, -0.25) is 4.99 Å². The smallest absolute Gasteiger partial charge is 0.203 e. The third kappa shape index (κ3) is 3.93. The van der Waals surface area contributed by atoms with E-state index in [2.05, 4.69) is 5.10 Å². The van der Waals surface area contributed by atoms with Crippen LogP contribution < -0.4 is 4.80 Å². The fourth-order valence-electron chi connectivity index (χ4n) is 2.84. The fourth-order valence-corrected chi connectivity index (χ4v) is 4.43. The molecule has 6 nitrogen and oxygen atoms in total. The van der Waals surface area contributed by atoms with Crippen LogP contribution in [0.25, 0.3) is 10.6 Å². The highest BCUT2D eigenvalue weighted by atomic mass is 32.2. The Bertz CT molecular complexity index is 882. The van der Waals surface area contributed by atoms with Crippen LogP contribution in [0.15, 0.2) is 34.2 Å². The largest absolute Gasteiger partial charge is 0.393 e. The summed E-state index contributed by atoms with van der Waals surface area (Å²) < 4.78 is 24.8. The quantitative estimate of drug-likeness (QED) is 0.896. The van der Waals surface area contributed by atoms with Crippen LogP contribution in [0, 0.1) is 0 Å². The number of aromatic nitrogens is 2. The Labute approximate surface area is 145 Å². The average molecular weight is 367 g/mol. The zero-order chi connectivity index (χ0) is 17.3. The molecule has 1 aliphatic carbocycles. The summed E-state index contributed by atoms with van der Waals surface area (Å²) in [4.78, 5) is 5.85. The Kier molecular flexibility index (Phi) is 4.89. The predicted octanol–water partition coefficient (Wildman–Crippen LogP) is 1.76. The number of nitrogens with zero attached hydrogens (tertiary/aromatic N) is 3. The van der Waals surface area contributed by atoms with Crippen molar-refractivity contribution >= 4 is 21.2 Å². The zero-order valence-corrected chi connectivity index (χ0v) is 15.3. The van der Waals surface area contributed by atoms with E-state index in [1.54, 1.807) is 28.9 Å². The van der Waals surface area contributed by atoms with Crippen LogP contribution in [-0.4, -0.2) is 41.7 Å². The summed E-state index contributed by atoms with van der Waals surface area (Å²) in [6, 6.07) is 6.87. The molecule has 1 N–H and O–H groups in total. The van der Waals surface area contributed by atoms with E-state index in [0.717, 1.165) is 34.6 Å². The van der Waals surface area contributed by atoms with Gasteiger partial charge in [-0.1, -0.05) is 23.5 Å². The van der Waals surface area contributed by atoms with Gasteiger partial charge in [-0.2, -0.15) is 5.10 Å². The lowest BCUT2D eigenvalue weighted by Crippen LogP contribution is -2.25. The summed E-state index contributed by atoms with van der Waals surface area (Å²) in [6.07, 6.45) is 4.50. The molecular formula is C16H21N3O3S2. The molecule has 0 bridgehead atoms. The molecule has 130 valence electrons. The molecule has 0 amide bonds. The summed E-state index contributed by atoms with van der Waals surface area (Å²) in [5.41, 5.74) is 0.869. The molecule has 0 spiro atoms.